The predicted octanol–water partition coefficient (Wildman–Crippen LogP) is 7.04. The monoisotopic (exact) mass is 759 g/mol. The fraction of sp³-hybridized carbons (Fsp3) is 0.541. The van der Waals surface area contributed by atoms with Crippen LogP contribution in [0.15, 0.2) is 36.5 Å². The van der Waals surface area contributed by atoms with Crippen molar-refractivity contribution in [3.63, 3.8) is 0 Å². The molecule has 0 bridgehead atoms. The summed E-state index contributed by atoms with van der Waals surface area (Å²) in [5, 5.41) is 4.31. The van der Waals surface area contributed by atoms with Gasteiger partial charge in [-0.1, -0.05) is 26.0 Å². The minimum atomic E-state index is -4.81. The van der Waals surface area contributed by atoms with E-state index in [2.05, 4.69) is 37.4 Å². The number of amides is 1. The first-order valence-corrected chi connectivity index (χ1v) is 19.8. The summed E-state index contributed by atoms with van der Waals surface area (Å²) in [6, 6.07) is 8.74. The molecule has 4 N–H and O–H groups in total. The Balaban J connectivity index is 1.28. The number of piperazine rings is 1. The van der Waals surface area contributed by atoms with E-state index in [4.69, 9.17) is 4.74 Å². The number of carbonyl (C=O) groups excluding carboxylic acids is 1. The van der Waals surface area contributed by atoms with Crippen molar-refractivity contribution in [3.8, 4) is 5.75 Å². The highest BCUT2D eigenvalue weighted by Crippen LogP contribution is 2.61. The Hall–Kier alpha value is -3.75. The second-order valence-corrected chi connectivity index (χ2v) is 16.4. The molecule has 53 heavy (non-hydrogen) atoms. The maximum Gasteiger partial charge on any atom is 0.421 e. The lowest BCUT2D eigenvalue weighted by atomic mass is 9.78. The molecule has 2 fully saturated rings. The molecule has 2 aromatic carbocycles. The van der Waals surface area contributed by atoms with Crippen molar-refractivity contribution in [2.45, 2.75) is 82.2 Å². The van der Waals surface area contributed by atoms with Crippen molar-refractivity contribution in [1.29, 1.82) is 0 Å². The van der Waals surface area contributed by atoms with Crippen LogP contribution in [0.25, 0.3) is 0 Å². The zero-order valence-corrected chi connectivity index (χ0v) is 31.7. The van der Waals surface area contributed by atoms with E-state index < -0.39 is 30.3 Å². The third-order valence-corrected chi connectivity index (χ3v) is 13.6. The van der Waals surface area contributed by atoms with Crippen LogP contribution in [0.1, 0.15) is 90.9 Å². The summed E-state index contributed by atoms with van der Waals surface area (Å²) in [7, 11) is 0.633. The molecule has 1 saturated heterocycles. The third kappa shape index (κ3) is 7.64. The maximum atomic E-state index is 14.3. The molecule has 3 aromatic rings. The molecule has 1 amide bonds. The topological polar surface area (TPSA) is 143 Å². The van der Waals surface area contributed by atoms with E-state index in [-0.39, 0.29) is 47.7 Å². The molecule has 0 atom stereocenters. The van der Waals surface area contributed by atoms with Gasteiger partial charge in [0.15, 0.2) is 0 Å². The van der Waals surface area contributed by atoms with E-state index in [1.165, 1.54) is 19.2 Å². The smallest absolute Gasteiger partial charge is 0.421 e. The number of carbonyl (C=O) groups is 1. The quantitative estimate of drug-likeness (QED) is 0.150. The number of alkyl halides is 3. The molecule has 0 unspecified atom stereocenters. The number of likely N-dealkylation sites (N-methyl/N-ethyl adjacent to an activating group) is 1. The van der Waals surface area contributed by atoms with Gasteiger partial charge < -0.3 is 35.0 Å². The Morgan fingerprint density at radius 2 is 1.62 bits per heavy atom. The van der Waals surface area contributed by atoms with Gasteiger partial charge in [-0.2, -0.15) is 18.2 Å². The van der Waals surface area contributed by atoms with Gasteiger partial charge in [-0.25, -0.2) is 4.98 Å². The minimum Gasteiger partial charge on any atom is -0.495 e. The molecule has 6 rings (SSSR count). The van der Waals surface area contributed by atoms with Crippen molar-refractivity contribution in [3.05, 3.63) is 64.3 Å². The van der Waals surface area contributed by atoms with Gasteiger partial charge in [0, 0.05) is 52.0 Å². The van der Waals surface area contributed by atoms with E-state index >= 15 is 0 Å². The minimum absolute atomic E-state index is 0.168. The van der Waals surface area contributed by atoms with Gasteiger partial charge in [-0.05, 0) is 86.4 Å². The summed E-state index contributed by atoms with van der Waals surface area (Å²) in [4.78, 5) is 48.7. The molecule has 3 heterocycles. The lowest BCUT2D eigenvalue weighted by Crippen LogP contribution is -2.49. The number of benzene rings is 2. The first kappa shape index (κ1) is 39.0. The molecule has 288 valence electrons. The van der Waals surface area contributed by atoms with Gasteiger partial charge in [0.2, 0.25) is 5.95 Å². The van der Waals surface area contributed by atoms with E-state index in [1.54, 1.807) is 37.9 Å². The molecular formula is C37H49F3N7O5P. The Kier molecular flexibility index (Phi) is 11.2. The fourth-order valence-electron chi connectivity index (χ4n) is 8.32. The van der Waals surface area contributed by atoms with Crippen molar-refractivity contribution < 1.29 is 37.1 Å². The zero-order valence-electron chi connectivity index (χ0n) is 30.8. The van der Waals surface area contributed by atoms with Gasteiger partial charge in [0.25, 0.3) is 5.91 Å². The van der Waals surface area contributed by atoms with Gasteiger partial charge in [-0.3, -0.25) is 14.3 Å². The third-order valence-electron chi connectivity index (χ3n) is 11.6. The maximum absolute atomic E-state index is 14.3. The molecule has 1 saturated carbocycles. The van der Waals surface area contributed by atoms with E-state index in [9.17, 15) is 32.3 Å². The van der Waals surface area contributed by atoms with Crippen molar-refractivity contribution in [1.82, 2.24) is 24.7 Å². The van der Waals surface area contributed by atoms with Crippen LogP contribution in [0, 0.1) is 0 Å². The van der Waals surface area contributed by atoms with Crippen LogP contribution in [-0.4, -0.2) is 93.8 Å². The number of halogens is 3. The average Bonchev–Trinajstić information content (AvgIpc) is 3.42. The molecule has 16 heteroatoms. The molecule has 2 aliphatic heterocycles. The molecule has 1 aliphatic carbocycles. The number of methoxy groups -OCH3 is 1. The van der Waals surface area contributed by atoms with Crippen molar-refractivity contribution >= 4 is 36.6 Å². The number of ether oxygens (including phenoxy) is 1. The second kappa shape index (κ2) is 15.2. The highest BCUT2D eigenvalue weighted by Gasteiger charge is 2.46. The van der Waals surface area contributed by atoms with E-state index in [0.29, 0.717) is 29.9 Å². The number of nitrogens with one attached hydrogen (secondary N) is 2. The summed E-state index contributed by atoms with van der Waals surface area (Å²) in [6.07, 6.45) is 0.292. The molecule has 0 radical (unpaired) electrons. The van der Waals surface area contributed by atoms with E-state index in [0.717, 1.165) is 63.0 Å². The molecule has 1 aromatic heterocycles. The number of fused-ring (bicyclic) bond motifs is 1. The van der Waals surface area contributed by atoms with Crippen LogP contribution >= 0.6 is 7.60 Å². The predicted molar refractivity (Wildman–Crippen MR) is 197 cm³/mol. The highest BCUT2D eigenvalue weighted by molar-refractivity contribution is 7.53. The summed E-state index contributed by atoms with van der Waals surface area (Å²) < 4.78 is 61.1. The number of rotatable bonds is 11. The van der Waals surface area contributed by atoms with Crippen molar-refractivity contribution in [2.75, 3.05) is 58.0 Å². The Bertz CT molecular complexity index is 1870. The Morgan fingerprint density at radius 3 is 2.23 bits per heavy atom. The lowest BCUT2D eigenvalue weighted by molar-refractivity contribution is -0.137. The number of aromatic nitrogens is 2. The highest BCUT2D eigenvalue weighted by atomic mass is 31.2. The van der Waals surface area contributed by atoms with Crippen LogP contribution in [-0.2, 0) is 22.4 Å². The zero-order chi connectivity index (χ0) is 38.3. The SMILES string of the molecule is CCC(CC)(c1ccc(Nc2ncc(C(F)(F)F)c(Nc3ccc([C@H]4CC[C@H](N5CCN(C)CC5)CC4)c4c3C(=O)N(C)C4)n2)c(OC)c1)P(=O)(O)O. The van der Waals surface area contributed by atoms with Crippen LogP contribution in [0.5, 0.6) is 5.75 Å². The summed E-state index contributed by atoms with van der Waals surface area (Å²) in [6.45, 7) is 8.03. The van der Waals surface area contributed by atoms with Crippen LogP contribution in [0.3, 0.4) is 0 Å². The summed E-state index contributed by atoms with van der Waals surface area (Å²) in [5.41, 5.74) is 2.02. The largest absolute Gasteiger partial charge is 0.495 e. The van der Waals surface area contributed by atoms with Gasteiger partial charge in [-0.15, -0.1) is 0 Å². The Labute approximate surface area is 308 Å². The van der Waals surface area contributed by atoms with Gasteiger partial charge in [0.1, 0.15) is 17.1 Å². The average molecular weight is 760 g/mol. The second-order valence-electron chi connectivity index (χ2n) is 14.5. The van der Waals surface area contributed by atoms with Gasteiger partial charge in [0.05, 0.1) is 29.2 Å². The van der Waals surface area contributed by atoms with E-state index in [1.807, 2.05) is 6.07 Å². The van der Waals surface area contributed by atoms with Crippen molar-refractivity contribution in [2.24, 2.45) is 0 Å². The Morgan fingerprint density at radius 1 is 0.962 bits per heavy atom. The fourth-order valence-corrected chi connectivity index (χ4v) is 9.62. The van der Waals surface area contributed by atoms with Gasteiger partial charge >= 0.3 is 13.8 Å². The number of hydrogen-bond donors (Lipinski definition) is 4. The standard InChI is InChI=1S/C37H49F3N7O5P/c1-6-36(7-2,53(49,50)51)24-10-14-29(31(20-24)52-5)43-35-41-21-28(37(38,39)40)33(44-35)42-30-15-13-26(27-22-46(4)34(48)32(27)30)23-8-11-25(12-9-23)47-18-16-45(3)17-19-47/h10,13-15,20-21,23,25H,6-9,11-12,16-19,22H2,1-5H3,(H2,49,50,51)(H2,41,42,43,44)/t23-,25-. The van der Waals surface area contributed by atoms with Crippen LogP contribution in [0.2, 0.25) is 0 Å². The molecule has 3 aliphatic rings. The van der Waals surface area contributed by atoms with Crippen LogP contribution in [0.4, 0.5) is 36.3 Å². The summed E-state index contributed by atoms with van der Waals surface area (Å²) in [5.74, 6) is -0.545. The first-order chi connectivity index (χ1) is 25.1. The summed E-state index contributed by atoms with van der Waals surface area (Å²) >= 11 is 0. The number of anilines is 4. The molecule has 0 spiro atoms. The number of nitrogens with zero attached hydrogens (tertiary/aromatic N) is 5. The molecule has 12 nitrogen and oxygen atoms in total. The first-order valence-electron chi connectivity index (χ1n) is 18.2. The van der Waals surface area contributed by atoms with Crippen LogP contribution < -0.4 is 15.4 Å². The number of hydrogen-bond acceptors (Lipinski definition) is 9. The molecular weight excluding hydrogens is 710 g/mol. The normalized spacial score (nSPS) is 20.4. The lowest BCUT2D eigenvalue weighted by Gasteiger charge is -2.41.